The van der Waals surface area contributed by atoms with Gasteiger partial charge in [-0.2, -0.15) is 0 Å². The summed E-state index contributed by atoms with van der Waals surface area (Å²) in [7, 11) is 0. The Kier molecular flexibility index (Phi) is 4.42. The molecule has 4 rings (SSSR count). The van der Waals surface area contributed by atoms with E-state index in [0.29, 0.717) is 17.4 Å². The van der Waals surface area contributed by atoms with Crippen LogP contribution in [0.4, 0.5) is 0 Å². The second-order valence-electron chi connectivity index (χ2n) is 11.1. The van der Waals surface area contributed by atoms with Crippen LogP contribution in [0.25, 0.3) is 0 Å². The Morgan fingerprint density at radius 2 is 1.77 bits per heavy atom. The average Bonchev–Trinajstić information content (AvgIpc) is 2.84. The third-order valence-corrected chi connectivity index (χ3v) is 8.54. The fourth-order valence-electron chi connectivity index (χ4n) is 7.33. The van der Waals surface area contributed by atoms with E-state index in [1.165, 1.54) is 37.7 Å². The van der Waals surface area contributed by atoms with Crippen molar-refractivity contribution in [3.05, 3.63) is 11.6 Å². The number of aliphatic hydroxyl groups excluding tert-OH is 2. The Bertz CT molecular complexity index is 591. The first-order valence-electron chi connectivity index (χ1n) is 10.8. The van der Waals surface area contributed by atoms with E-state index >= 15 is 0 Å². The molecule has 0 bridgehead atoms. The fraction of sp³-hybridized carbons (Fsp3) is 0.913. The number of rotatable bonds is 1. The zero-order chi connectivity index (χ0) is 18.9. The van der Waals surface area contributed by atoms with Gasteiger partial charge in [-0.1, -0.05) is 25.5 Å². The third-order valence-electron chi connectivity index (χ3n) is 8.54. The van der Waals surface area contributed by atoms with Gasteiger partial charge in [-0.25, -0.2) is 0 Å². The van der Waals surface area contributed by atoms with Gasteiger partial charge >= 0.3 is 0 Å². The van der Waals surface area contributed by atoms with Crippen molar-refractivity contribution in [3.8, 4) is 0 Å². The first-order valence-corrected chi connectivity index (χ1v) is 10.8. The van der Waals surface area contributed by atoms with Gasteiger partial charge in [0.25, 0.3) is 0 Å². The van der Waals surface area contributed by atoms with Crippen molar-refractivity contribution in [1.82, 2.24) is 0 Å². The minimum Gasteiger partial charge on any atom is -0.390 e. The Morgan fingerprint density at radius 1 is 1.04 bits per heavy atom. The highest BCUT2D eigenvalue weighted by Crippen LogP contribution is 2.66. The minimum atomic E-state index is -0.667. The van der Waals surface area contributed by atoms with Gasteiger partial charge in [-0.15, -0.1) is 0 Å². The highest BCUT2D eigenvalue weighted by molar-refractivity contribution is 5.26. The van der Waals surface area contributed by atoms with Gasteiger partial charge < -0.3 is 14.9 Å². The molecular formula is C23H38O3. The van der Waals surface area contributed by atoms with Gasteiger partial charge in [-0.05, 0) is 94.3 Å². The minimum absolute atomic E-state index is 0.0719. The van der Waals surface area contributed by atoms with E-state index in [1.807, 2.05) is 6.08 Å². The van der Waals surface area contributed by atoms with E-state index in [9.17, 15) is 10.2 Å². The molecule has 3 fully saturated rings. The van der Waals surface area contributed by atoms with Crippen LogP contribution in [-0.4, -0.2) is 34.1 Å². The summed E-state index contributed by atoms with van der Waals surface area (Å²) in [4.78, 5) is 0. The average molecular weight is 363 g/mol. The molecule has 26 heavy (non-hydrogen) atoms. The molecule has 0 spiro atoms. The lowest BCUT2D eigenvalue weighted by Gasteiger charge is -2.59. The van der Waals surface area contributed by atoms with Crippen LogP contribution < -0.4 is 0 Å². The van der Waals surface area contributed by atoms with Gasteiger partial charge in [0.05, 0.1) is 23.9 Å². The molecule has 0 aromatic rings. The van der Waals surface area contributed by atoms with Crippen LogP contribution in [0, 0.1) is 28.6 Å². The molecule has 0 saturated heterocycles. The molecular weight excluding hydrogens is 324 g/mol. The number of aliphatic hydroxyl groups is 2. The van der Waals surface area contributed by atoms with E-state index < -0.39 is 12.2 Å². The molecule has 0 amide bonds. The summed E-state index contributed by atoms with van der Waals surface area (Å²) < 4.78 is 6.53. The maximum absolute atomic E-state index is 10.4. The van der Waals surface area contributed by atoms with Crippen molar-refractivity contribution in [1.29, 1.82) is 0 Å². The largest absolute Gasteiger partial charge is 0.390 e. The summed E-state index contributed by atoms with van der Waals surface area (Å²) >= 11 is 0. The van der Waals surface area contributed by atoms with Crippen LogP contribution in [0.15, 0.2) is 11.6 Å². The lowest BCUT2D eigenvalue weighted by atomic mass is 9.47. The zero-order valence-corrected chi connectivity index (χ0v) is 17.3. The summed E-state index contributed by atoms with van der Waals surface area (Å²) in [6.07, 6.45) is 9.13. The number of allylic oxidation sites excluding steroid dienone is 1. The standard InChI is InChI=1S/C23H38O3/c1-21(2,3)26-20-9-8-16-15-7-6-14-12-18(24)19(25)13-23(14,5)17(15)10-11-22(16,20)4/h12,15-20,24-25H,6-11,13H2,1-5H3/t15-,16-,17-,18?,19?,20-,22-,23-/m0/s1. The van der Waals surface area contributed by atoms with Gasteiger partial charge in [0.2, 0.25) is 0 Å². The van der Waals surface area contributed by atoms with Crippen molar-refractivity contribution in [3.63, 3.8) is 0 Å². The molecule has 4 aliphatic rings. The van der Waals surface area contributed by atoms with E-state index in [-0.39, 0.29) is 11.0 Å². The first-order chi connectivity index (χ1) is 12.0. The lowest BCUT2D eigenvalue weighted by molar-refractivity contribution is -0.142. The maximum Gasteiger partial charge on any atom is 0.0983 e. The second-order valence-corrected chi connectivity index (χ2v) is 11.1. The van der Waals surface area contributed by atoms with Crippen LogP contribution in [0.1, 0.15) is 79.6 Å². The van der Waals surface area contributed by atoms with E-state index in [4.69, 9.17) is 4.74 Å². The Balaban J connectivity index is 1.60. The summed E-state index contributed by atoms with van der Waals surface area (Å²) in [5.41, 5.74) is 1.72. The molecule has 3 heteroatoms. The molecule has 0 aliphatic heterocycles. The highest BCUT2D eigenvalue weighted by Gasteiger charge is 2.60. The number of ether oxygens (including phenoxy) is 1. The Morgan fingerprint density at radius 3 is 2.46 bits per heavy atom. The number of hydrogen-bond donors (Lipinski definition) is 2. The Hall–Kier alpha value is -0.380. The third kappa shape index (κ3) is 2.81. The summed E-state index contributed by atoms with van der Waals surface area (Å²) in [5.74, 6) is 2.14. The normalized spacial score (nSPS) is 51.3. The van der Waals surface area contributed by atoms with Gasteiger partial charge in [0, 0.05) is 0 Å². The number of fused-ring (bicyclic) bond motifs is 5. The molecule has 3 nitrogen and oxygen atoms in total. The van der Waals surface area contributed by atoms with Crippen LogP contribution in [0.3, 0.4) is 0 Å². The van der Waals surface area contributed by atoms with Gasteiger partial charge in [0.15, 0.2) is 0 Å². The van der Waals surface area contributed by atoms with Crippen molar-refractivity contribution in [2.75, 3.05) is 0 Å². The molecule has 4 aliphatic carbocycles. The topological polar surface area (TPSA) is 49.7 Å². The lowest BCUT2D eigenvalue weighted by Crippen LogP contribution is -2.54. The summed E-state index contributed by atoms with van der Waals surface area (Å²) in [6.45, 7) is 11.4. The van der Waals surface area contributed by atoms with Crippen molar-refractivity contribution >= 4 is 0 Å². The van der Waals surface area contributed by atoms with E-state index in [0.717, 1.165) is 24.7 Å². The Labute approximate surface area is 159 Å². The predicted octanol–water partition coefficient (Wildman–Crippen LogP) is 4.46. The molecule has 0 heterocycles. The van der Waals surface area contributed by atoms with Crippen molar-refractivity contribution < 1.29 is 14.9 Å². The molecule has 8 atom stereocenters. The molecule has 2 unspecified atom stereocenters. The smallest absolute Gasteiger partial charge is 0.0983 e. The maximum atomic E-state index is 10.4. The van der Waals surface area contributed by atoms with Crippen LogP contribution in [-0.2, 0) is 4.74 Å². The van der Waals surface area contributed by atoms with E-state index in [1.54, 1.807) is 0 Å². The molecule has 0 aromatic carbocycles. The molecule has 3 saturated carbocycles. The van der Waals surface area contributed by atoms with Crippen molar-refractivity contribution in [2.24, 2.45) is 28.6 Å². The molecule has 0 aromatic heterocycles. The van der Waals surface area contributed by atoms with Crippen LogP contribution in [0.2, 0.25) is 0 Å². The van der Waals surface area contributed by atoms with Crippen LogP contribution >= 0.6 is 0 Å². The number of hydrogen-bond acceptors (Lipinski definition) is 3. The first kappa shape index (κ1) is 19.0. The summed E-state index contributed by atoms with van der Waals surface area (Å²) in [6, 6.07) is 0. The van der Waals surface area contributed by atoms with Gasteiger partial charge in [0.1, 0.15) is 0 Å². The quantitative estimate of drug-likeness (QED) is 0.677. The molecule has 0 radical (unpaired) electrons. The van der Waals surface area contributed by atoms with Crippen LogP contribution in [0.5, 0.6) is 0 Å². The fourth-order valence-corrected chi connectivity index (χ4v) is 7.33. The zero-order valence-electron chi connectivity index (χ0n) is 17.3. The predicted molar refractivity (Wildman–Crippen MR) is 104 cm³/mol. The highest BCUT2D eigenvalue weighted by atomic mass is 16.5. The van der Waals surface area contributed by atoms with Crippen molar-refractivity contribution in [2.45, 2.75) is 103 Å². The molecule has 148 valence electrons. The molecule has 2 N–H and O–H groups in total. The van der Waals surface area contributed by atoms with Gasteiger partial charge in [-0.3, -0.25) is 0 Å². The second kappa shape index (κ2) is 6.06. The monoisotopic (exact) mass is 362 g/mol. The van der Waals surface area contributed by atoms with E-state index in [2.05, 4.69) is 34.6 Å². The summed E-state index contributed by atoms with van der Waals surface area (Å²) in [5, 5.41) is 20.5. The SMILES string of the molecule is CC(C)(C)O[C@H]1CC[C@H]2[C@@H]3CCC4=CC(O)C(O)C[C@]4(C)[C@H]3CC[C@]12C.